The standard InChI is InChI=1S/C22H17N3OS2/c26-20-14-15(9-10-16-5-3-11-27-16)13-17(21-8-4-12-28-21)22(20)25-19-7-2-1-6-18(19)23-24-25/h1-12,14,17,22H,13H2/b10-9+/t17-,22-/m1/s1. The molecular weight excluding hydrogens is 386 g/mol. The molecule has 0 N–H and O–H groups in total. The molecular formula is C22H17N3OS2. The molecule has 1 aromatic carbocycles. The van der Waals surface area contributed by atoms with Crippen LogP contribution in [0.5, 0.6) is 0 Å². The Morgan fingerprint density at radius 1 is 1.00 bits per heavy atom. The lowest BCUT2D eigenvalue weighted by Crippen LogP contribution is -2.29. The average molecular weight is 404 g/mol. The van der Waals surface area contributed by atoms with E-state index >= 15 is 0 Å². The Labute approximate surface area is 170 Å². The summed E-state index contributed by atoms with van der Waals surface area (Å²) in [4.78, 5) is 15.6. The normalized spacial score (nSPS) is 20.1. The minimum absolute atomic E-state index is 0.0468. The molecule has 0 spiro atoms. The number of benzene rings is 1. The molecule has 2 atom stereocenters. The summed E-state index contributed by atoms with van der Waals surface area (Å²) >= 11 is 3.38. The van der Waals surface area contributed by atoms with Gasteiger partial charge in [0.05, 0.1) is 5.52 Å². The van der Waals surface area contributed by atoms with Crippen molar-refractivity contribution in [3.8, 4) is 0 Å². The molecule has 0 unspecified atom stereocenters. The second-order valence-corrected chi connectivity index (χ2v) is 8.72. The van der Waals surface area contributed by atoms with Crippen LogP contribution in [0, 0.1) is 0 Å². The fraction of sp³-hybridized carbons (Fsp3) is 0.136. The Morgan fingerprint density at radius 2 is 1.86 bits per heavy atom. The Balaban J connectivity index is 1.56. The summed E-state index contributed by atoms with van der Waals surface area (Å²) in [5.74, 6) is 0.122. The van der Waals surface area contributed by atoms with Crippen LogP contribution in [-0.2, 0) is 4.79 Å². The minimum Gasteiger partial charge on any atom is -0.292 e. The highest BCUT2D eigenvalue weighted by Crippen LogP contribution is 2.42. The Bertz CT molecular complexity index is 1170. The van der Waals surface area contributed by atoms with Crippen molar-refractivity contribution < 1.29 is 4.79 Å². The summed E-state index contributed by atoms with van der Waals surface area (Å²) in [7, 11) is 0. The maximum Gasteiger partial charge on any atom is 0.181 e. The van der Waals surface area contributed by atoms with Gasteiger partial charge in [-0.2, -0.15) is 0 Å². The topological polar surface area (TPSA) is 47.8 Å². The van der Waals surface area contributed by atoms with Crippen LogP contribution in [-0.4, -0.2) is 20.8 Å². The molecule has 6 heteroatoms. The van der Waals surface area contributed by atoms with Crippen LogP contribution in [0.2, 0.25) is 0 Å². The first-order valence-corrected chi connectivity index (χ1v) is 10.8. The van der Waals surface area contributed by atoms with Gasteiger partial charge < -0.3 is 0 Å². The van der Waals surface area contributed by atoms with Gasteiger partial charge in [-0.3, -0.25) is 4.79 Å². The van der Waals surface area contributed by atoms with Crippen LogP contribution in [0.4, 0.5) is 0 Å². The highest BCUT2D eigenvalue weighted by Gasteiger charge is 2.36. The summed E-state index contributed by atoms with van der Waals surface area (Å²) in [6, 6.07) is 15.7. The maximum absolute atomic E-state index is 13.2. The van der Waals surface area contributed by atoms with E-state index in [1.54, 1.807) is 33.4 Å². The van der Waals surface area contributed by atoms with Gasteiger partial charge in [-0.15, -0.1) is 27.8 Å². The summed E-state index contributed by atoms with van der Waals surface area (Å²) in [6.07, 6.45) is 6.72. The smallest absolute Gasteiger partial charge is 0.181 e. The van der Waals surface area contributed by atoms with E-state index in [-0.39, 0.29) is 17.7 Å². The third kappa shape index (κ3) is 3.15. The van der Waals surface area contributed by atoms with E-state index in [1.165, 1.54) is 9.75 Å². The third-order valence-corrected chi connectivity index (χ3v) is 6.85. The first-order valence-electron chi connectivity index (χ1n) is 9.09. The fourth-order valence-corrected chi connectivity index (χ4v) is 5.20. The molecule has 0 saturated heterocycles. The van der Waals surface area contributed by atoms with Crippen molar-refractivity contribution >= 4 is 45.6 Å². The zero-order valence-corrected chi connectivity index (χ0v) is 16.6. The Hall–Kier alpha value is -2.83. The molecule has 4 aromatic rings. The van der Waals surface area contributed by atoms with Crippen molar-refractivity contribution in [2.24, 2.45) is 0 Å². The van der Waals surface area contributed by atoms with Crippen LogP contribution < -0.4 is 0 Å². The van der Waals surface area contributed by atoms with Crippen molar-refractivity contribution in [1.29, 1.82) is 0 Å². The molecule has 5 rings (SSSR count). The monoisotopic (exact) mass is 403 g/mol. The number of thiophene rings is 2. The Kier molecular flexibility index (Phi) is 4.50. The number of hydrogen-bond acceptors (Lipinski definition) is 5. The number of para-hydroxylation sites is 1. The second kappa shape index (κ2) is 7.30. The predicted molar refractivity (Wildman–Crippen MR) is 115 cm³/mol. The second-order valence-electron chi connectivity index (χ2n) is 6.76. The molecule has 138 valence electrons. The number of nitrogens with zero attached hydrogens (tertiary/aromatic N) is 3. The molecule has 3 heterocycles. The van der Waals surface area contributed by atoms with Crippen molar-refractivity contribution in [3.63, 3.8) is 0 Å². The number of aromatic nitrogens is 3. The van der Waals surface area contributed by atoms with Gasteiger partial charge in [-0.05, 0) is 59.2 Å². The summed E-state index contributed by atoms with van der Waals surface area (Å²) < 4.78 is 1.80. The lowest BCUT2D eigenvalue weighted by molar-refractivity contribution is -0.118. The van der Waals surface area contributed by atoms with Gasteiger partial charge in [0.1, 0.15) is 11.6 Å². The number of hydrogen-bond donors (Lipinski definition) is 0. The van der Waals surface area contributed by atoms with Gasteiger partial charge in [0.25, 0.3) is 0 Å². The molecule has 3 aromatic heterocycles. The molecule has 0 bridgehead atoms. The van der Waals surface area contributed by atoms with Crippen molar-refractivity contribution in [2.75, 3.05) is 0 Å². The molecule has 0 radical (unpaired) electrons. The van der Waals surface area contributed by atoms with E-state index < -0.39 is 0 Å². The predicted octanol–water partition coefficient (Wildman–Crippen LogP) is 5.49. The molecule has 1 aliphatic rings. The Morgan fingerprint density at radius 3 is 2.68 bits per heavy atom. The highest BCUT2D eigenvalue weighted by atomic mass is 32.1. The number of rotatable bonds is 4. The van der Waals surface area contributed by atoms with E-state index in [4.69, 9.17) is 0 Å². The van der Waals surface area contributed by atoms with Crippen molar-refractivity contribution in [3.05, 3.63) is 86.8 Å². The van der Waals surface area contributed by atoms with E-state index in [0.717, 1.165) is 23.0 Å². The first-order chi connectivity index (χ1) is 13.8. The van der Waals surface area contributed by atoms with Crippen LogP contribution in [0.15, 0.2) is 77.0 Å². The molecule has 0 aliphatic heterocycles. The van der Waals surface area contributed by atoms with Crippen molar-refractivity contribution in [2.45, 2.75) is 18.4 Å². The largest absolute Gasteiger partial charge is 0.292 e. The minimum atomic E-state index is -0.370. The first kappa shape index (κ1) is 17.3. The number of allylic oxidation sites excluding steroid dienone is 3. The molecule has 0 fully saturated rings. The van der Waals surface area contributed by atoms with Gasteiger partial charge >= 0.3 is 0 Å². The van der Waals surface area contributed by atoms with E-state index in [2.05, 4.69) is 45.4 Å². The highest BCUT2D eigenvalue weighted by molar-refractivity contribution is 7.10. The van der Waals surface area contributed by atoms with Crippen LogP contribution >= 0.6 is 22.7 Å². The van der Waals surface area contributed by atoms with Crippen molar-refractivity contribution in [1.82, 2.24) is 15.0 Å². The van der Waals surface area contributed by atoms with Gasteiger partial charge in [0.15, 0.2) is 5.78 Å². The number of carbonyl (C=O) groups is 1. The van der Waals surface area contributed by atoms with E-state index in [1.807, 2.05) is 36.4 Å². The van der Waals surface area contributed by atoms with Gasteiger partial charge in [0, 0.05) is 15.7 Å². The quantitative estimate of drug-likeness (QED) is 0.452. The average Bonchev–Trinajstić information content (AvgIpc) is 3.47. The summed E-state index contributed by atoms with van der Waals surface area (Å²) in [5.41, 5.74) is 2.76. The summed E-state index contributed by atoms with van der Waals surface area (Å²) in [5, 5.41) is 12.7. The molecule has 0 amide bonds. The molecule has 4 nitrogen and oxygen atoms in total. The molecule has 0 saturated carbocycles. The number of ketones is 1. The van der Waals surface area contributed by atoms with Gasteiger partial charge in [-0.1, -0.05) is 35.6 Å². The fourth-order valence-electron chi connectivity index (χ4n) is 3.72. The maximum atomic E-state index is 13.2. The zero-order valence-electron chi connectivity index (χ0n) is 14.9. The number of fused-ring (bicyclic) bond motifs is 1. The lowest BCUT2D eigenvalue weighted by Gasteiger charge is -2.29. The summed E-state index contributed by atoms with van der Waals surface area (Å²) in [6.45, 7) is 0. The van der Waals surface area contributed by atoms with Gasteiger partial charge in [0.2, 0.25) is 0 Å². The zero-order chi connectivity index (χ0) is 18.9. The molecule has 1 aliphatic carbocycles. The SMILES string of the molecule is O=C1C=C(/C=C/c2cccs2)C[C@H](c2cccs2)[C@H]1n1nnc2ccccc21. The van der Waals surface area contributed by atoms with Gasteiger partial charge in [-0.25, -0.2) is 4.68 Å². The van der Waals surface area contributed by atoms with E-state index in [9.17, 15) is 4.79 Å². The van der Waals surface area contributed by atoms with Crippen LogP contribution in [0.3, 0.4) is 0 Å². The van der Waals surface area contributed by atoms with Crippen LogP contribution in [0.25, 0.3) is 17.1 Å². The third-order valence-electron chi connectivity index (χ3n) is 5.01. The van der Waals surface area contributed by atoms with Crippen LogP contribution in [0.1, 0.15) is 28.1 Å². The molecule has 28 heavy (non-hydrogen) atoms. The number of carbonyl (C=O) groups excluding carboxylic acids is 1. The van der Waals surface area contributed by atoms with E-state index in [0.29, 0.717) is 0 Å². The lowest BCUT2D eigenvalue weighted by atomic mass is 9.82.